The van der Waals surface area contributed by atoms with Gasteiger partial charge in [-0.2, -0.15) is 0 Å². The number of ether oxygens (including phenoxy) is 1. The second-order valence-corrected chi connectivity index (χ2v) is 9.34. The van der Waals surface area contributed by atoms with E-state index in [-0.39, 0.29) is 23.5 Å². The van der Waals surface area contributed by atoms with Gasteiger partial charge in [-0.25, -0.2) is 23.1 Å². The third-order valence-corrected chi connectivity index (χ3v) is 7.31. The molecule has 0 aliphatic carbocycles. The van der Waals surface area contributed by atoms with E-state index in [0.29, 0.717) is 48.2 Å². The summed E-state index contributed by atoms with van der Waals surface area (Å²) in [5.74, 6) is -1.40. The molecule has 1 fully saturated rings. The number of rotatable bonds is 6. The lowest BCUT2D eigenvalue weighted by Crippen LogP contribution is -2.48. The molecule has 3 aromatic rings. The standard InChI is InChI=1S/C26H29F3N4O3/c1-15(17-6-5-7-18(22(17)27)23(28)29)12-21-19-13-20(25(35)32(3)24(19)31-14-30-21)26(36-4)8-10-33(11-9-26)16(2)34/h5-7,13-15,23H,8-12H2,1-4H3/t15-/m0/s1. The van der Waals surface area contributed by atoms with Crippen molar-refractivity contribution in [3.05, 3.63) is 69.1 Å². The number of carbonyl (C=O) groups excluding carboxylic acids is 1. The predicted molar refractivity (Wildman–Crippen MR) is 128 cm³/mol. The molecule has 1 saturated heterocycles. The minimum atomic E-state index is -2.91. The lowest BCUT2D eigenvalue weighted by molar-refractivity contribution is -0.135. The van der Waals surface area contributed by atoms with Gasteiger partial charge in [-0.3, -0.25) is 14.2 Å². The van der Waals surface area contributed by atoms with Crippen molar-refractivity contribution >= 4 is 16.9 Å². The van der Waals surface area contributed by atoms with Gasteiger partial charge in [0.2, 0.25) is 5.91 Å². The molecule has 0 bridgehead atoms. The van der Waals surface area contributed by atoms with Crippen LogP contribution in [0.3, 0.4) is 0 Å². The highest BCUT2D eigenvalue weighted by molar-refractivity contribution is 5.78. The number of alkyl halides is 2. The minimum absolute atomic E-state index is 0.0288. The zero-order chi connectivity index (χ0) is 26.2. The molecule has 2 aromatic heterocycles. The highest BCUT2D eigenvalue weighted by Crippen LogP contribution is 2.36. The number of halogens is 3. The van der Waals surface area contributed by atoms with Crippen LogP contribution in [-0.2, 0) is 28.6 Å². The van der Waals surface area contributed by atoms with Crippen molar-refractivity contribution in [2.24, 2.45) is 7.05 Å². The van der Waals surface area contributed by atoms with Gasteiger partial charge in [0, 0.05) is 39.6 Å². The van der Waals surface area contributed by atoms with Crippen molar-refractivity contribution in [1.82, 2.24) is 19.4 Å². The Hall–Kier alpha value is -3.27. The Bertz CT molecular complexity index is 1350. The Morgan fingerprint density at radius 1 is 1.19 bits per heavy atom. The van der Waals surface area contributed by atoms with Crippen LogP contribution >= 0.6 is 0 Å². The number of hydrogen-bond acceptors (Lipinski definition) is 5. The van der Waals surface area contributed by atoms with Crippen molar-refractivity contribution in [2.75, 3.05) is 20.2 Å². The number of hydrogen-bond donors (Lipinski definition) is 0. The van der Waals surface area contributed by atoms with Crippen LogP contribution in [0.4, 0.5) is 13.2 Å². The number of likely N-dealkylation sites (tertiary alicyclic amines) is 1. The molecular formula is C26H29F3N4O3. The fourth-order valence-corrected chi connectivity index (χ4v) is 5.09. The van der Waals surface area contributed by atoms with Crippen LogP contribution in [0.2, 0.25) is 0 Å². The summed E-state index contributed by atoms with van der Waals surface area (Å²) in [6.45, 7) is 4.18. The molecule has 1 aliphatic heterocycles. The molecule has 3 heterocycles. The van der Waals surface area contributed by atoms with Gasteiger partial charge >= 0.3 is 0 Å². The first-order valence-corrected chi connectivity index (χ1v) is 11.8. The van der Waals surface area contributed by atoms with Crippen LogP contribution in [0, 0.1) is 5.82 Å². The summed E-state index contributed by atoms with van der Waals surface area (Å²) in [5.41, 5.74) is -0.170. The van der Waals surface area contributed by atoms with E-state index >= 15 is 0 Å². The van der Waals surface area contributed by atoms with Gasteiger partial charge in [-0.05, 0) is 36.8 Å². The molecule has 10 heteroatoms. The van der Waals surface area contributed by atoms with Crippen molar-refractivity contribution in [1.29, 1.82) is 0 Å². The monoisotopic (exact) mass is 502 g/mol. The van der Waals surface area contributed by atoms with Crippen LogP contribution in [-0.4, -0.2) is 45.5 Å². The molecule has 192 valence electrons. The first-order chi connectivity index (χ1) is 17.1. The third-order valence-electron chi connectivity index (χ3n) is 7.31. The van der Waals surface area contributed by atoms with E-state index in [1.54, 1.807) is 32.0 Å². The van der Waals surface area contributed by atoms with E-state index in [0.717, 1.165) is 6.07 Å². The summed E-state index contributed by atoms with van der Waals surface area (Å²) < 4.78 is 48.6. The summed E-state index contributed by atoms with van der Waals surface area (Å²) in [6, 6.07) is 5.74. The van der Waals surface area contributed by atoms with E-state index in [1.165, 1.54) is 30.0 Å². The molecule has 0 radical (unpaired) electrons. The van der Waals surface area contributed by atoms with Gasteiger partial charge in [0.1, 0.15) is 23.4 Å². The van der Waals surface area contributed by atoms with Crippen molar-refractivity contribution in [3.63, 3.8) is 0 Å². The van der Waals surface area contributed by atoms with Crippen LogP contribution < -0.4 is 5.56 Å². The number of benzene rings is 1. The van der Waals surface area contributed by atoms with Crippen molar-refractivity contribution in [2.45, 2.75) is 51.1 Å². The molecule has 7 nitrogen and oxygen atoms in total. The average molecular weight is 503 g/mol. The normalized spacial score (nSPS) is 16.5. The Morgan fingerprint density at radius 2 is 1.86 bits per heavy atom. The number of pyridine rings is 1. The topological polar surface area (TPSA) is 77.3 Å². The SMILES string of the molecule is COC1(c2cc3c(C[C@H](C)c4cccc(C(F)F)c4F)ncnc3n(C)c2=O)CCN(C(C)=O)CC1. The van der Waals surface area contributed by atoms with Gasteiger partial charge in [-0.1, -0.05) is 25.1 Å². The van der Waals surface area contributed by atoms with Gasteiger partial charge < -0.3 is 9.64 Å². The molecule has 0 N–H and O–H groups in total. The summed E-state index contributed by atoms with van der Waals surface area (Å²) in [4.78, 5) is 35.6. The maximum absolute atomic E-state index is 14.8. The van der Waals surface area contributed by atoms with E-state index in [9.17, 15) is 22.8 Å². The maximum atomic E-state index is 14.8. The molecule has 0 saturated carbocycles. The fourth-order valence-electron chi connectivity index (χ4n) is 5.09. The number of nitrogens with zero attached hydrogens (tertiary/aromatic N) is 4. The number of piperidine rings is 1. The molecule has 1 atom stereocenters. The number of fused-ring (bicyclic) bond motifs is 1. The maximum Gasteiger partial charge on any atom is 0.266 e. The smallest absolute Gasteiger partial charge is 0.266 e. The lowest BCUT2D eigenvalue weighted by atomic mass is 9.84. The molecule has 4 rings (SSSR count). The number of carbonyl (C=O) groups is 1. The predicted octanol–water partition coefficient (Wildman–Crippen LogP) is 4.24. The molecule has 1 aromatic carbocycles. The third kappa shape index (κ3) is 4.50. The highest BCUT2D eigenvalue weighted by Gasteiger charge is 2.40. The van der Waals surface area contributed by atoms with E-state index in [2.05, 4.69) is 9.97 Å². The minimum Gasteiger partial charge on any atom is -0.373 e. The van der Waals surface area contributed by atoms with E-state index in [1.807, 2.05) is 0 Å². The number of methoxy groups -OCH3 is 1. The van der Waals surface area contributed by atoms with Gasteiger partial charge in [-0.15, -0.1) is 0 Å². The van der Waals surface area contributed by atoms with Gasteiger partial charge in [0.15, 0.2) is 0 Å². The fraction of sp³-hybridized carbons (Fsp3) is 0.462. The van der Waals surface area contributed by atoms with Crippen LogP contribution in [0.1, 0.15) is 61.4 Å². The second kappa shape index (κ2) is 10.0. The largest absolute Gasteiger partial charge is 0.373 e. The molecular weight excluding hydrogens is 473 g/mol. The first-order valence-electron chi connectivity index (χ1n) is 11.8. The summed E-state index contributed by atoms with van der Waals surface area (Å²) in [7, 11) is 3.17. The molecule has 0 spiro atoms. The zero-order valence-electron chi connectivity index (χ0n) is 20.7. The Labute approximate surface area is 206 Å². The van der Waals surface area contributed by atoms with Crippen molar-refractivity contribution < 1.29 is 22.7 Å². The van der Waals surface area contributed by atoms with Gasteiger partial charge in [0.25, 0.3) is 12.0 Å². The highest BCUT2D eigenvalue weighted by atomic mass is 19.3. The second-order valence-electron chi connectivity index (χ2n) is 9.34. The Morgan fingerprint density at radius 3 is 2.47 bits per heavy atom. The number of aromatic nitrogens is 3. The van der Waals surface area contributed by atoms with Gasteiger partial charge in [0.05, 0.1) is 16.8 Å². The Balaban J connectivity index is 1.77. The number of aryl methyl sites for hydroxylation is 1. The molecule has 1 amide bonds. The van der Waals surface area contributed by atoms with Crippen LogP contribution in [0.5, 0.6) is 0 Å². The summed E-state index contributed by atoms with van der Waals surface area (Å²) in [6.07, 6.45) is -0.413. The molecule has 36 heavy (non-hydrogen) atoms. The molecule has 0 unspecified atom stereocenters. The van der Waals surface area contributed by atoms with Crippen molar-refractivity contribution in [3.8, 4) is 0 Å². The van der Waals surface area contributed by atoms with E-state index in [4.69, 9.17) is 4.74 Å². The van der Waals surface area contributed by atoms with Crippen LogP contribution in [0.25, 0.3) is 11.0 Å². The quantitative estimate of drug-likeness (QED) is 0.504. The van der Waals surface area contributed by atoms with E-state index < -0.39 is 29.3 Å². The average Bonchev–Trinajstić information content (AvgIpc) is 2.86. The van der Waals surface area contributed by atoms with Crippen LogP contribution in [0.15, 0.2) is 35.4 Å². The molecule has 1 aliphatic rings. The summed E-state index contributed by atoms with van der Waals surface area (Å²) >= 11 is 0. The first kappa shape index (κ1) is 25.8. The lowest BCUT2D eigenvalue weighted by Gasteiger charge is -2.40. The number of amides is 1. The zero-order valence-corrected chi connectivity index (χ0v) is 20.7. The summed E-state index contributed by atoms with van der Waals surface area (Å²) in [5, 5.41) is 0.609. The Kier molecular flexibility index (Phi) is 7.17.